The van der Waals surface area contributed by atoms with Gasteiger partial charge in [0.1, 0.15) is 0 Å². The molecule has 4 aromatic heterocycles. The molecule has 20 aromatic rings. The molecule has 0 N–H and O–H groups in total. The van der Waals surface area contributed by atoms with Gasteiger partial charge in [-0.2, -0.15) is 0 Å². The third kappa shape index (κ3) is 10.3. The molecule has 4 heterocycles. The van der Waals surface area contributed by atoms with Crippen LogP contribution in [-0.4, -0.2) is 19.1 Å². The van der Waals surface area contributed by atoms with E-state index in [4.69, 9.17) is 9.97 Å². The standard InChI is InChI=1S/2C49H32N2/c1-3-14-33(15-4-1)34-26-28-35(29-27-34)47-40-19-7-9-21-42(40)48(43-22-10-8-20-41(43)47)45-31-30-36(32-50-45)38-23-13-24-44-39-18-11-12-25-46(39)51(49(38)44)37-16-5-2-6-17-37;1-3-13-33(14-4-1)34-23-25-35(26-24-34)48-41-18-7-9-20-43(41)49(44-21-10-8-19-42(44)48)45-30-28-37(32-50-45)36-27-29-40-39-17-11-12-22-46(39)51(47(40)31-36)38-15-5-2-6-16-38/h2*1-32H. The van der Waals surface area contributed by atoms with Crippen LogP contribution in [0.5, 0.6) is 0 Å². The summed E-state index contributed by atoms with van der Waals surface area (Å²) in [5.41, 5.74) is 25.6. The maximum Gasteiger partial charge on any atom is 0.0714 e. The van der Waals surface area contributed by atoms with Crippen LogP contribution in [0.25, 0.3) is 187 Å². The van der Waals surface area contributed by atoms with Gasteiger partial charge in [-0.15, -0.1) is 0 Å². The zero-order valence-electron chi connectivity index (χ0n) is 55.7. The third-order valence-electron chi connectivity index (χ3n) is 20.5. The van der Waals surface area contributed by atoms with E-state index in [0.717, 1.165) is 56.1 Å². The fourth-order valence-corrected chi connectivity index (χ4v) is 15.9. The van der Waals surface area contributed by atoms with Crippen LogP contribution in [0.3, 0.4) is 0 Å². The lowest BCUT2D eigenvalue weighted by Gasteiger charge is -2.18. The number of rotatable bonds is 10. The van der Waals surface area contributed by atoms with Crippen LogP contribution in [0.4, 0.5) is 0 Å². The van der Waals surface area contributed by atoms with Gasteiger partial charge in [-0.25, -0.2) is 0 Å². The van der Waals surface area contributed by atoms with Crippen LogP contribution in [0.1, 0.15) is 0 Å². The summed E-state index contributed by atoms with van der Waals surface area (Å²) in [6.45, 7) is 0. The van der Waals surface area contributed by atoms with E-state index in [1.54, 1.807) is 0 Å². The van der Waals surface area contributed by atoms with Gasteiger partial charge in [-0.05, 0) is 148 Å². The first kappa shape index (κ1) is 59.7. The minimum Gasteiger partial charge on any atom is -0.309 e. The molecule has 20 rings (SSSR count). The first-order chi connectivity index (χ1) is 50.6. The van der Waals surface area contributed by atoms with Crippen molar-refractivity contribution in [2.45, 2.75) is 0 Å². The van der Waals surface area contributed by atoms with Gasteiger partial charge < -0.3 is 9.13 Å². The molecule has 4 heteroatoms. The second-order valence-corrected chi connectivity index (χ2v) is 26.2. The highest BCUT2D eigenvalue weighted by Crippen LogP contribution is 2.47. The van der Waals surface area contributed by atoms with Crippen molar-refractivity contribution in [3.05, 3.63) is 389 Å². The molecule has 0 aliphatic carbocycles. The minimum atomic E-state index is 0.966. The summed E-state index contributed by atoms with van der Waals surface area (Å²) >= 11 is 0. The predicted molar refractivity (Wildman–Crippen MR) is 431 cm³/mol. The molecule has 0 saturated carbocycles. The number of para-hydroxylation sites is 5. The summed E-state index contributed by atoms with van der Waals surface area (Å²) in [5, 5.41) is 14.7. The van der Waals surface area contributed by atoms with Gasteiger partial charge in [0, 0.05) is 73.1 Å². The van der Waals surface area contributed by atoms with Crippen molar-refractivity contribution < 1.29 is 0 Å². The Labute approximate surface area is 591 Å². The quantitative estimate of drug-likeness (QED) is 0.128. The van der Waals surface area contributed by atoms with Gasteiger partial charge in [0.25, 0.3) is 0 Å². The Hall–Kier alpha value is -13.5. The van der Waals surface area contributed by atoms with Gasteiger partial charge in [-0.1, -0.05) is 322 Å². The maximum absolute atomic E-state index is 5.23. The lowest BCUT2D eigenvalue weighted by Crippen LogP contribution is -1.96. The second kappa shape index (κ2) is 25.4. The number of pyridine rings is 2. The number of benzene rings is 16. The molecule has 0 unspecified atom stereocenters. The van der Waals surface area contributed by atoms with Crippen LogP contribution >= 0.6 is 0 Å². The Morgan fingerprint density at radius 1 is 0.176 bits per heavy atom. The van der Waals surface area contributed by atoms with E-state index in [-0.39, 0.29) is 0 Å². The fraction of sp³-hybridized carbons (Fsp3) is 0. The van der Waals surface area contributed by atoms with Crippen LogP contribution in [0, 0.1) is 0 Å². The van der Waals surface area contributed by atoms with Gasteiger partial charge in [0.15, 0.2) is 0 Å². The van der Waals surface area contributed by atoms with Crippen molar-refractivity contribution in [1.29, 1.82) is 0 Å². The average molecular weight is 1300 g/mol. The minimum absolute atomic E-state index is 0.966. The van der Waals surface area contributed by atoms with E-state index in [9.17, 15) is 0 Å². The highest BCUT2D eigenvalue weighted by Gasteiger charge is 2.22. The normalized spacial score (nSPS) is 11.5. The highest BCUT2D eigenvalue weighted by atomic mass is 15.0. The molecule has 4 nitrogen and oxygen atoms in total. The lowest BCUT2D eigenvalue weighted by molar-refractivity contribution is 1.18. The molecule has 0 atom stereocenters. The van der Waals surface area contributed by atoms with E-state index in [1.165, 1.54) is 131 Å². The zero-order valence-corrected chi connectivity index (χ0v) is 55.7. The summed E-state index contributed by atoms with van der Waals surface area (Å²) in [4.78, 5) is 10.4. The SMILES string of the molecule is c1ccc(-c2ccc(-c3c4ccccc4c(-c4ccc(-c5ccc6c7ccccc7n(-c7ccccc7)c6c5)cn4)c4ccccc34)cc2)cc1.c1ccc(-c2ccc(-c3c4ccccc4c(-c4ccc(-c5cccc6c7ccccc7n(-c7ccccc7)c56)cn4)c4ccccc34)cc2)cc1. The molecule has 0 aliphatic rings. The largest absolute Gasteiger partial charge is 0.309 e. The average Bonchev–Trinajstić information content (AvgIpc) is 1.12. The van der Waals surface area contributed by atoms with E-state index < -0.39 is 0 Å². The molecule has 0 spiro atoms. The topological polar surface area (TPSA) is 35.6 Å². The maximum atomic E-state index is 5.23. The van der Waals surface area contributed by atoms with Gasteiger partial charge in [-0.3, -0.25) is 9.97 Å². The Morgan fingerprint density at radius 3 is 0.931 bits per heavy atom. The summed E-state index contributed by atoms with van der Waals surface area (Å²) in [6, 6.07) is 135. The summed E-state index contributed by atoms with van der Waals surface area (Å²) < 4.78 is 4.76. The van der Waals surface area contributed by atoms with Crippen LogP contribution in [-0.2, 0) is 0 Å². The zero-order chi connectivity index (χ0) is 67.5. The molecule has 102 heavy (non-hydrogen) atoms. The Morgan fingerprint density at radius 2 is 0.490 bits per heavy atom. The smallest absolute Gasteiger partial charge is 0.0714 e. The van der Waals surface area contributed by atoms with E-state index in [0.29, 0.717) is 0 Å². The summed E-state index contributed by atoms with van der Waals surface area (Å²) in [7, 11) is 0. The highest BCUT2D eigenvalue weighted by molar-refractivity contribution is 6.23. The van der Waals surface area contributed by atoms with Gasteiger partial charge in [0.2, 0.25) is 0 Å². The lowest BCUT2D eigenvalue weighted by atomic mass is 9.87. The molecule has 0 bridgehead atoms. The second-order valence-electron chi connectivity index (χ2n) is 26.2. The predicted octanol–water partition coefficient (Wildman–Crippen LogP) is 26.3. The Bertz CT molecular complexity index is 6410. The van der Waals surface area contributed by atoms with Gasteiger partial charge >= 0.3 is 0 Å². The molecule has 0 saturated heterocycles. The summed E-state index contributed by atoms with van der Waals surface area (Å²) in [5.74, 6) is 0. The Kier molecular flexibility index (Phi) is 14.9. The van der Waals surface area contributed by atoms with E-state index in [1.807, 2.05) is 6.20 Å². The molecular weight excluding hydrogens is 1230 g/mol. The van der Waals surface area contributed by atoms with Crippen molar-refractivity contribution in [3.63, 3.8) is 0 Å². The molecule has 16 aromatic carbocycles. The van der Waals surface area contributed by atoms with Crippen molar-refractivity contribution in [1.82, 2.24) is 19.1 Å². The van der Waals surface area contributed by atoms with Crippen molar-refractivity contribution in [3.8, 4) is 101 Å². The molecule has 0 amide bonds. The fourth-order valence-electron chi connectivity index (χ4n) is 15.9. The van der Waals surface area contributed by atoms with E-state index in [2.05, 4.69) is 391 Å². The molecule has 476 valence electrons. The molecule has 0 aliphatic heterocycles. The van der Waals surface area contributed by atoms with Gasteiger partial charge in [0.05, 0.1) is 33.5 Å². The third-order valence-corrected chi connectivity index (χ3v) is 20.5. The van der Waals surface area contributed by atoms with Crippen LogP contribution < -0.4 is 0 Å². The number of aromatic nitrogens is 4. The van der Waals surface area contributed by atoms with E-state index >= 15 is 0 Å². The Balaban J connectivity index is 0.000000141. The number of hydrogen-bond donors (Lipinski definition) is 0. The van der Waals surface area contributed by atoms with Crippen LogP contribution in [0.2, 0.25) is 0 Å². The molecule has 0 radical (unpaired) electrons. The van der Waals surface area contributed by atoms with Crippen LogP contribution in [0.15, 0.2) is 389 Å². The molecular formula is C98H64N4. The summed E-state index contributed by atoms with van der Waals surface area (Å²) in [6.07, 6.45) is 4.09. The molecule has 0 fully saturated rings. The first-order valence-electron chi connectivity index (χ1n) is 34.9. The number of fused-ring (bicyclic) bond motifs is 10. The number of hydrogen-bond acceptors (Lipinski definition) is 2. The van der Waals surface area contributed by atoms with Crippen molar-refractivity contribution >= 4 is 86.7 Å². The van der Waals surface area contributed by atoms with Crippen molar-refractivity contribution in [2.24, 2.45) is 0 Å². The van der Waals surface area contributed by atoms with Crippen molar-refractivity contribution in [2.75, 3.05) is 0 Å². The number of nitrogens with zero attached hydrogens (tertiary/aromatic N) is 4. The first-order valence-corrected chi connectivity index (χ1v) is 34.9. The monoisotopic (exact) mass is 1300 g/mol.